The summed E-state index contributed by atoms with van der Waals surface area (Å²) in [6.07, 6.45) is 0.260. The van der Waals surface area contributed by atoms with E-state index in [2.05, 4.69) is 26.0 Å². The second-order valence-electron chi connectivity index (χ2n) is 8.26. The molecule has 3 aromatic carbocycles. The summed E-state index contributed by atoms with van der Waals surface area (Å²) < 4.78 is 0.861. The third-order valence-corrected chi connectivity index (χ3v) is 6.53. The number of hydrogen-bond donors (Lipinski definition) is 2. The molecule has 35 heavy (non-hydrogen) atoms. The fourth-order valence-corrected chi connectivity index (χ4v) is 4.87. The number of rotatable bonds is 4. The lowest BCUT2D eigenvalue weighted by molar-refractivity contribution is -0.130. The van der Waals surface area contributed by atoms with Gasteiger partial charge in [0.05, 0.1) is 23.0 Å². The van der Waals surface area contributed by atoms with Gasteiger partial charge in [-0.05, 0) is 41.5 Å². The van der Waals surface area contributed by atoms with Crippen LogP contribution in [0.15, 0.2) is 87.2 Å². The molecule has 8 nitrogen and oxygen atoms in total. The number of amides is 1. The number of nitrogens with one attached hydrogen (secondary N) is 1. The summed E-state index contributed by atoms with van der Waals surface area (Å²) in [5.41, 5.74) is 3.46. The molecular weight excluding hydrogens is 512 g/mol. The van der Waals surface area contributed by atoms with Gasteiger partial charge in [0.2, 0.25) is 5.91 Å². The highest BCUT2D eigenvalue weighted by Crippen LogP contribution is 2.38. The molecule has 1 atom stereocenters. The van der Waals surface area contributed by atoms with E-state index in [0.717, 1.165) is 21.0 Å². The average Bonchev–Trinajstić information content (AvgIpc) is 3.29. The molecule has 176 valence electrons. The number of pyridine rings is 1. The van der Waals surface area contributed by atoms with Gasteiger partial charge < -0.3 is 15.4 Å². The molecule has 0 radical (unpaired) electrons. The Morgan fingerprint density at radius 2 is 1.89 bits per heavy atom. The zero-order chi connectivity index (χ0) is 24.7. The van der Waals surface area contributed by atoms with Crippen LogP contribution >= 0.6 is 15.9 Å². The average molecular weight is 532 g/mol. The Morgan fingerprint density at radius 1 is 1.11 bits per heavy atom. The lowest BCUT2D eigenvalue weighted by Gasteiger charge is -2.25. The molecule has 0 aliphatic carbocycles. The highest BCUT2D eigenvalue weighted by molar-refractivity contribution is 9.10. The minimum Gasteiger partial charge on any atom is -0.733 e. The quantitative estimate of drug-likeness (QED) is 0.344. The van der Waals surface area contributed by atoms with Gasteiger partial charge in [0.25, 0.3) is 5.56 Å². The van der Waals surface area contributed by atoms with Gasteiger partial charge in [-0.25, -0.2) is 5.01 Å². The molecular formula is C26H20BrN4O4-. The summed E-state index contributed by atoms with van der Waals surface area (Å²) in [6, 6.07) is 21.0. The lowest BCUT2D eigenvalue weighted by atomic mass is 9.91. The Kier molecular flexibility index (Phi) is 5.98. The molecule has 5 rings (SSSR count). The number of nitrogens with zero attached hydrogens (tertiary/aromatic N) is 3. The zero-order valence-electron chi connectivity index (χ0n) is 18.6. The molecule has 4 aromatic rings. The number of hydrogen-bond acceptors (Lipinski definition) is 6. The van der Waals surface area contributed by atoms with Crippen LogP contribution in [-0.4, -0.2) is 26.8 Å². The Morgan fingerprint density at radius 3 is 2.60 bits per heavy atom. The van der Waals surface area contributed by atoms with E-state index < -0.39 is 6.04 Å². The third kappa shape index (κ3) is 4.25. The molecule has 0 saturated carbocycles. The highest BCUT2D eigenvalue weighted by atomic mass is 79.9. The highest BCUT2D eigenvalue weighted by Gasteiger charge is 2.34. The summed E-state index contributed by atoms with van der Waals surface area (Å²) in [7, 11) is 0. The van der Waals surface area contributed by atoms with Gasteiger partial charge in [-0.15, -0.1) is 0 Å². The third-order valence-electron chi connectivity index (χ3n) is 6.04. The van der Waals surface area contributed by atoms with E-state index in [4.69, 9.17) is 0 Å². The predicted octanol–water partition coefficient (Wildman–Crippen LogP) is 5.35. The fraction of sp³-hybridized carbons (Fsp3) is 0.115. The van der Waals surface area contributed by atoms with Crippen molar-refractivity contribution in [2.75, 3.05) is 5.23 Å². The molecule has 0 unspecified atom stereocenters. The predicted molar refractivity (Wildman–Crippen MR) is 138 cm³/mol. The first kappa shape index (κ1) is 23.0. The number of fused-ring (bicyclic) bond motifs is 1. The maximum Gasteiger partial charge on any atom is 0.258 e. The van der Waals surface area contributed by atoms with Crippen LogP contribution in [-0.2, 0) is 4.79 Å². The molecule has 1 aliphatic rings. The number of aromatic nitrogens is 1. The van der Waals surface area contributed by atoms with E-state index >= 15 is 0 Å². The van der Waals surface area contributed by atoms with E-state index in [9.17, 15) is 20.0 Å². The van der Waals surface area contributed by atoms with Crippen molar-refractivity contribution in [3.8, 4) is 11.1 Å². The summed E-state index contributed by atoms with van der Waals surface area (Å²) in [5.74, 6) is -0.306. The summed E-state index contributed by atoms with van der Waals surface area (Å²) >= 11 is 3.53. The molecule has 0 saturated heterocycles. The number of aromatic amines is 1. The summed E-state index contributed by atoms with van der Waals surface area (Å²) in [4.78, 5) is 28.9. The van der Waals surface area contributed by atoms with Crippen molar-refractivity contribution < 1.29 is 10.0 Å². The van der Waals surface area contributed by atoms with E-state index in [1.807, 2.05) is 48.5 Å². The molecule has 0 fully saturated rings. The molecule has 2 N–H and O–H groups in total. The van der Waals surface area contributed by atoms with Gasteiger partial charge in [-0.2, -0.15) is 5.10 Å². The van der Waals surface area contributed by atoms with Crippen LogP contribution in [0.1, 0.15) is 30.5 Å². The number of H-pyrrole nitrogens is 1. The first-order chi connectivity index (χ1) is 16.8. The number of carbonyl (C=O) groups is 1. The van der Waals surface area contributed by atoms with Gasteiger partial charge in [0.15, 0.2) is 0 Å². The number of carbonyl (C=O) groups excluding carboxylic acids is 1. The van der Waals surface area contributed by atoms with Crippen molar-refractivity contribution in [2.24, 2.45) is 5.10 Å². The van der Waals surface area contributed by atoms with E-state index in [0.29, 0.717) is 22.4 Å². The molecule has 1 aromatic heterocycles. The van der Waals surface area contributed by atoms with E-state index in [1.165, 1.54) is 24.1 Å². The molecule has 1 aliphatic heterocycles. The standard InChI is InChI=1S/C26H20BrN4O4/c1-15(32)30-23(17-8-5-9-19(12-17)31(34)35)14-22(29-30)25-24(16-6-3-2-4-7-16)20-13-18(27)10-11-21(20)28-26(25)33/h2-13,23,34H,14H2,1H3,(H,28,33)/q-1/t23-/m1/s1. The summed E-state index contributed by atoms with van der Waals surface area (Å²) in [5, 5.41) is 27.3. The smallest absolute Gasteiger partial charge is 0.258 e. The van der Waals surface area contributed by atoms with Crippen LogP contribution in [0.5, 0.6) is 0 Å². The fourth-order valence-electron chi connectivity index (χ4n) is 4.51. The van der Waals surface area contributed by atoms with Crippen molar-refractivity contribution in [1.29, 1.82) is 0 Å². The van der Waals surface area contributed by atoms with Crippen LogP contribution in [0.4, 0.5) is 5.69 Å². The Bertz CT molecular complexity index is 1530. The van der Waals surface area contributed by atoms with E-state index in [1.54, 1.807) is 12.1 Å². The zero-order valence-corrected chi connectivity index (χ0v) is 20.2. The number of anilines is 1. The Hall–Kier alpha value is -3.79. The molecule has 0 spiro atoms. The maximum atomic E-state index is 13.4. The van der Waals surface area contributed by atoms with Crippen LogP contribution < -0.4 is 10.8 Å². The molecule has 0 bridgehead atoms. The van der Waals surface area contributed by atoms with Crippen LogP contribution in [0.2, 0.25) is 0 Å². The Labute approximate surface area is 208 Å². The molecule has 2 heterocycles. The van der Waals surface area contributed by atoms with Crippen LogP contribution in [0.25, 0.3) is 22.0 Å². The van der Waals surface area contributed by atoms with Crippen LogP contribution in [0, 0.1) is 5.21 Å². The summed E-state index contributed by atoms with van der Waals surface area (Å²) in [6.45, 7) is 1.40. The monoisotopic (exact) mass is 531 g/mol. The number of benzene rings is 3. The number of hydrazone groups is 1. The van der Waals surface area contributed by atoms with Crippen LogP contribution in [0.3, 0.4) is 0 Å². The van der Waals surface area contributed by atoms with Gasteiger partial charge in [0, 0.05) is 34.3 Å². The Balaban J connectivity index is 1.71. The molecule has 1 amide bonds. The van der Waals surface area contributed by atoms with Crippen molar-refractivity contribution in [2.45, 2.75) is 19.4 Å². The van der Waals surface area contributed by atoms with Gasteiger partial charge in [0.1, 0.15) is 0 Å². The normalized spacial score (nSPS) is 15.4. The van der Waals surface area contributed by atoms with E-state index in [-0.39, 0.29) is 28.8 Å². The van der Waals surface area contributed by atoms with Crippen molar-refractivity contribution in [3.05, 3.63) is 104 Å². The first-order valence-electron chi connectivity index (χ1n) is 10.9. The van der Waals surface area contributed by atoms with Gasteiger partial charge >= 0.3 is 0 Å². The van der Waals surface area contributed by atoms with Crippen molar-refractivity contribution in [3.63, 3.8) is 0 Å². The van der Waals surface area contributed by atoms with Crippen molar-refractivity contribution >= 4 is 44.1 Å². The van der Waals surface area contributed by atoms with Gasteiger partial charge in [-0.1, -0.05) is 58.4 Å². The second kappa shape index (κ2) is 9.10. The molecule has 9 heteroatoms. The lowest BCUT2D eigenvalue weighted by Crippen LogP contribution is -2.24. The largest absolute Gasteiger partial charge is 0.733 e. The minimum absolute atomic E-state index is 0.0397. The topological polar surface area (TPSA) is 112 Å². The van der Waals surface area contributed by atoms with Crippen molar-refractivity contribution in [1.82, 2.24) is 9.99 Å². The first-order valence-corrected chi connectivity index (χ1v) is 11.7. The number of halogens is 1. The maximum absolute atomic E-state index is 13.4. The minimum atomic E-state index is -0.538. The second-order valence-corrected chi connectivity index (χ2v) is 9.17. The SMILES string of the molecule is CC(=O)N1N=C(c2c(-c3ccccc3)c3cc(Br)ccc3[nH]c2=O)C[C@@H]1c1cccc(N([O-])O)c1. The van der Waals surface area contributed by atoms with Gasteiger partial charge in [-0.3, -0.25) is 14.8 Å².